The van der Waals surface area contributed by atoms with Gasteiger partial charge in [0.2, 0.25) is 5.91 Å². The number of rotatable bonds is 7. The lowest BCUT2D eigenvalue weighted by molar-refractivity contribution is -0.140. The fourth-order valence-corrected chi connectivity index (χ4v) is 5.95. The summed E-state index contributed by atoms with van der Waals surface area (Å²) in [5.41, 5.74) is 1.80. The molecule has 0 aliphatic carbocycles. The molecule has 1 aliphatic rings. The molecule has 7 nitrogen and oxygen atoms in total. The van der Waals surface area contributed by atoms with Gasteiger partial charge in [0.25, 0.3) is 5.56 Å². The minimum atomic E-state index is -1.85. The van der Waals surface area contributed by atoms with Crippen LogP contribution in [0.4, 0.5) is 4.39 Å². The second-order valence-electron chi connectivity index (χ2n) is 9.87. The van der Waals surface area contributed by atoms with Crippen molar-refractivity contribution in [1.29, 1.82) is 0 Å². The molecule has 1 atom stereocenters. The summed E-state index contributed by atoms with van der Waals surface area (Å²) in [5.74, 6) is 0.0511. The van der Waals surface area contributed by atoms with Crippen LogP contribution < -0.4 is 15.5 Å². The number of hydrogen-bond acceptors (Lipinski definition) is 5. The molecule has 1 aliphatic heterocycles. The first kappa shape index (κ1) is 24.7. The van der Waals surface area contributed by atoms with Gasteiger partial charge in [-0.05, 0) is 46.5 Å². The van der Waals surface area contributed by atoms with E-state index in [4.69, 9.17) is 9.26 Å². The molecule has 1 N–H and O–H groups in total. The van der Waals surface area contributed by atoms with Crippen LogP contribution in [0.5, 0.6) is 5.75 Å². The predicted molar refractivity (Wildman–Crippen MR) is 132 cm³/mol. The third kappa shape index (κ3) is 5.29. The number of carbonyl (C=O) groups excluding carboxylic acids is 2. The molecular formula is C26H29FN2O5Si. The molecule has 0 unspecified atom stereocenters. The van der Waals surface area contributed by atoms with Crippen LogP contribution in [0.3, 0.4) is 0 Å². The normalized spacial score (nSPS) is 15.6. The average molecular weight is 497 g/mol. The average Bonchev–Trinajstić information content (AvgIpc) is 3.21. The van der Waals surface area contributed by atoms with E-state index in [2.05, 4.69) is 24.8 Å². The van der Waals surface area contributed by atoms with Crippen molar-refractivity contribution in [2.45, 2.75) is 44.9 Å². The van der Waals surface area contributed by atoms with Gasteiger partial charge in [-0.2, -0.15) is 5.16 Å². The molecular weight excluding hydrogens is 467 g/mol. The van der Waals surface area contributed by atoms with Crippen molar-refractivity contribution in [2.75, 3.05) is 13.7 Å². The Labute approximate surface area is 203 Å². The molecule has 1 amide bonds. The van der Waals surface area contributed by atoms with E-state index in [1.807, 2.05) is 12.1 Å². The van der Waals surface area contributed by atoms with Gasteiger partial charge in [0.15, 0.2) is 5.78 Å². The lowest BCUT2D eigenvalue weighted by Crippen LogP contribution is -2.44. The van der Waals surface area contributed by atoms with E-state index >= 15 is 0 Å². The van der Waals surface area contributed by atoms with E-state index < -0.39 is 19.7 Å². The number of nitrogens with one attached hydrogen (secondary N) is 1. The molecule has 0 fully saturated rings. The van der Waals surface area contributed by atoms with Crippen LogP contribution in [0.2, 0.25) is 19.6 Å². The number of fused-ring (bicyclic) bond motifs is 1. The first-order valence-corrected chi connectivity index (χ1v) is 15.0. The summed E-state index contributed by atoms with van der Waals surface area (Å²) in [6.07, 6.45) is 0.397. The minimum Gasteiger partial charge on any atom is -0.497 e. The highest BCUT2D eigenvalue weighted by atomic mass is 28.3. The maximum atomic E-state index is 14.8. The van der Waals surface area contributed by atoms with Crippen LogP contribution in [-0.4, -0.2) is 43.5 Å². The standard InChI is InChI=1S/C26H29FN2O5Si/c1-33-18-6-7-20-17(13-18)9-10-29(25(32)15-19-14-24(31)28-34-19)26(20)22(30)12-16-5-8-23(21(27)11-16)35(2,3)4/h5-8,11,13-14,26H,9-10,12,15H2,1-4H3,(H,28,31)/t26-/m1/s1. The number of carbonyl (C=O) groups is 2. The fourth-order valence-electron chi connectivity index (χ4n) is 4.58. The number of benzene rings is 2. The van der Waals surface area contributed by atoms with Crippen molar-refractivity contribution >= 4 is 25.0 Å². The van der Waals surface area contributed by atoms with Gasteiger partial charge < -0.3 is 14.2 Å². The van der Waals surface area contributed by atoms with E-state index in [1.54, 1.807) is 25.3 Å². The number of Topliss-reactive ketones (excluding diaryl/α,β-unsaturated/α-hetero) is 1. The summed E-state index contributed by atoms with van der Waals surface area (Å²) in [6, 6.07) is 10.9. The van der Waals surface area contributed by atoms with Gasteiger partial charge in [0.1, 0.15) is 23.4 Å². The Morgan fingerprint density at radius 3 is 2.54 bits per heavy atom. The molecule has 3 aromatic rings. The highest BCUT2D eigenvalue weighted by Gasteiger charge is 2.36. The van der Waals surface area contributed by atoms with Crippen LogP contribution >= 0.6 is 0 Å². The molecule has 2 aromatic carbocycles. The zero-order valence-corrected chi connectivity index (χ0v) is 21.3. The lowest BCUT2D eigenvalue weighted by atomic mass is 9.87. The molecule has 35 heavy (non-hydrogen) atoms. The first-order valence-electron chi connectivity index (χ1n) is 11.5. The summed E-state index contributed by atoms with van der Waals surface area (Å²) in [5, 5.41) is 2.89. The van der Waals surface area contributed by atoms with Crippen LogP contribution in [0.25, 0.3) is 0 Å². The van der Waals surface area contributed by atoms with Gasteiger partial charge >= 0.3 is 0 Å². The highest BCUT2D eigenvalue weighted by Crippen LogP contribution is 2.34. The highest BCUT2D eigenvalue weighted by molar-refractivity contribution is 6.88. The van der Waals surface area contributed by atoms with E-state index in [0.717, 1.165) is 11.1 Å². The number of ketones is 1. The SMILES string of the molecule is COc1ccc2c(c1)CCN(C(=O)Cc1cc(=O)[nH]o1)[C@H]2C(=O)Cc1ccc([Si](C)(C)C)c(F)c1. The van der Waals surface area contributed by atoms with Gasteiger partial charge in [0.05, 0.1) is 21.6 Å². The molecule has 0 spiro atoms. The predicted octanol–water partition coefficient (Wildman–Crippen LogP) is 3.14. The monoisotopic (exact) mass is 496 g/mol. The van der Waals surface area contributed by atoms with Crippen molar-refractivity contribution in [2.24, 2.45) is 0 Å². The maximum absolute atomic E-state index is 14.8. The van der Waals surface area contributed by atoms with Crippen LogP contribution in [-0.2, 0) is 28.9 Å². The summed E-state index contributed by atoms with van der Waals surface area (Å²) in [4.78, 5) is 39.8. The van der Waals surface area contributed by atoms with Gasteiger partial charge in [-0.1, -0.05) is 37.8 Å². The molecule has 0 saturated carbocycles. The number of methoxy groups -OCH3 is 1. The molecule has 4 rings (SSSR count). The van der Waals surface area contributed by atoms with Crippen LogP contribution in [0, 0.1) is 5.82 Å². The number of H-pyrrole nitrogens is 1. The third-order valence-electron chi connectivity index (χ3n) is 6.32. The zero-order chi connectivity index (χ0) is 25.3. The summed E-state index contributed by atoms with van der Waals surface area (Å²) < 4.78 is 25.2. The first-order chi connectivity index (χ1) is 16.6. The van der Waals surface area contributed by atoms with Crippen molar-refractivity contribution in [1.82, 2.24) is 10.1 Å². The van der Waals surface area contributed by atoms with Crippen LogP contribution in [0.15, 0.2) is 51.8 Å². The molecule has 184 valence electrons. The lowest BCUT2D eigenvalue weighted by Gasteiger charge is -2.36. The molecule has 1 aromatic heterocycles. The Bertz CT molecular complexity index is 1320. The Balaban J connectivity index is 1.65. The van der Waals surface area contributed by atoms with Gasteiger partial charge in [-0.25, -0.2) is 4.39 Å². The van der Waals surface area contributed by atoms with Crippen molar-refractivity contribution in [3.05, 3.63) is 81.1 Å². The van der Waals surface area contributed by atoms with Gasteiger partial charge in [0, 0.05) is 19.0 Å². The zero-order valence-electron chi connectivity index (χ0n) is 20.3. The smallest absolute Gasteiger partial charge is 0.280 e. The largest absolute Gasteiger partial charge is 0.497 e. The summed E-state index contributed by atoms with van der Waals surface area (Å²) >= 11 is 0. The van der Waals surface area contributed by atoms with Crippen molar-refractivity contribution in [3.63, 3.8) is 0 Å². The van der Waals surface area contributed by atoms with E-state index in [-0.39, 0.29) is 36.1 Å². The van der Waals surface area contributed by atoms with E-state index in [1.165, 1.54) is 17.0 Å². The number of halogens is 1. The third-order valence-corrected chi connectivity index (χ3v) is 8.35. The second-order valence-corrected chi connectivity index (χ2v) is 14.9. The van der Waals surface area contributed by atoms with E-state index in [0.29, 0.717) is 29.5 Å². The molecule has 0 saturated heterocycles. The van der Waals surface area contributed by atoms with Gasteiger partial charge in [-0.3, -0.25) is 14.4 Å². The number of ether oxygens (including phenoxy) is 1. The summed E-state index contributed by atoms with van der Waals surface area (Å²) in [7, 11) is -0.274. The van der Waals surface area contributed by atoms with E-state index in [9.17, 15) is 18.8 Å². The molecule has 2 heterocycles. The number of nitrogens with zero attached hydrogens (tertiary/aromatic N) is 1. The van der Waals surface area contributed by atoms with Gasteiger partial charge in [-0.15, -0.1) is 0 Å². The number of hydrogen-bond donors (Lipinski definition) is 1. The molecule has 0 radical (unpaired) electrons. The minimum absolute atomic E-state index is 0.0119. The summed E-state index contributed by atoms with van der Waals surface area (Å²) in [6.45, 7) is 6.53. The Morgan fingerprint density at radius 2 is 1.91 bits per heavy atom. The second kappa shape index (κ2) is 9.65. The van der Waals surface area contributed by atoms with Crippen LogP contribution in [0.1, 0.15) is 28.5 Å². The fraction of sp³-hybridized carbons (Fsp3) is 0.346. The van der Waals surface area contributed by atoms with Crippen molar-refractivity contribution in [3.8, 4) is 5.75 Å². The quantitative estimate of drug-likeness (QED) is 0.508. The Hall–Kier alpha value is -3.46. The van der Waals surface area contributed by atoms with Crippen molar-refractivity contribution < 1.29 is 23.2 Å². The number of aromatic nitrogens is 1. The number of aromatic amines is 1. The Morgan fingerprint density at radius 1 is 1.14 bits per heavy atom. The molecule has 9 heteroatoms. The number of amides is 1. The maximum Gasteiger partial charge on any atom is 0.280 e. The topological polar surface area (TPSA) is 92.6 Å². The molecule has 0 bridgehead atoms. The Kier molecular flexibility index (Phi) is 6.80.